The summed E-state index contributed by atoms with van der Waals surface area (Å²) in [6.07, 6.45) is 3.49. The Labute approximate surface area is 146 Å². The predicted octanol–water partition coefficient (Wildman–Crippen LogP) is 2.13. The molecule has 3 rings (SSSR count). The van der Waals surface area contributed by atoms with Gasteiger partial charge in [-0.15, -0.1) is 0 Å². The van der Waals surface area contributed by atoms with Crippen LogP contribution in [0.2, 0.25) is 0 Å². The van der Waals surface area contributed by atoms with Crippen molar-refractivity contribution >= 4 is 23.5 Å². The summed E-state index contributed by atoms with van der Waals surface area (Å²) >= 11 is 0. The standard InChI is InChI=1S/C18H23N3O4/c1-12-6-3-4-9-18(12)16(23)21(17(24)20-18)11-15(22)19-13-7-5-8-14(10-13)25-2/h5,7-8,10,12H,3-4,6,9,11H2,1-2H3,(H,19,22)(H,20,24)/t12-,18-/m1/s1. The van der Waals surface area contributed by atoms with Crippen molar-refractivity contribution in [3.05, 3.63) is 24.3 Å². The molecule has 4 amide bonds. The number of hydrogen-bond donors (Lipinski definition) is 2. The maximum absolute atomic E-state index is 12.8. The summed E-state index contributed by atoms with van der Waals surface area (Å²) in [5, 5.41) is 5.54. The number of benzene rings is 1. The van der Waals surface area contributed by atoms with Gasteiger partial charge in [-0.25, -0.2) is 4.79 Å². The summed E-state index contributed by atoms with van der Waals surface area (Å²) in [4.78, 5) is 38.4. The highest BCUT2D eigenvalue weighted by molar-refractivity contribution is 6.10. The van der Waals surface area contributed by atoms with Gasteiger partial charge in [0.15, 0.2) is 0 Å². The second-order valence-electron chi connectivity index (χ2n) is 6.72. The van der Waals surface area contributed by atoms with Crippen LogP contribution in [0.1, 0.15) is 32.6 Å². The van der Waals surface area contributed by atoms with Crippen LogP contribution < -0.4 is 15.4 Å². The van der Waals surface area contributed by atoms with Gasteiger partial charge in [0.05, 0.1) is 7.11 Å². The van der Waals surface area contributed by atoms with Crippen molar-refractivity contribution in [1.29, 1.82) is 0 Å². The molecule has 2 atom stereocenters. The van der Waals surface area contributed by atoms with E-state index >= 15 is 0 Å². The predicted molar refractivity (Wildman–Crippen MR) is 92.2 cm³/mol. The summed E-state index contributed by atoms with van der Waals surface area (Å²) < 4.78 is 5.11. The zero-order chi connectivity index (χ0) is 18.0. The van der Waals surface area contributed by atoms with Crippen LogP contribution in [0.15, 0.2) is 24.3 Å². The number of nitrogens with one attached hydrogen (secondary N) is 2. The maximum atomic E-state index is 12.8. The largest absolute Gasteiger partial charge is 0.497 e. The van der Waals surface area contributed by atoms with Crippen molar-refractivity contribution in [2.24, 2.45) is 5.92 Å². The number of amides is 4. The van der Waals surface area contributed by atoms with Gasteiger partial charge in [-0.3, -0.25) is 14.5 Å². The minimum absolute atomic E-state index is 0.0733. The van der Waals surface area contributed by atoms with E-state index in [-0.39, 0.29) is 18.4 Å². The molecule has 7 nitrogen and oxygen atoms in total. The number of methoxy groups -OCH3 is 1. The molecule has 0 unspecified atom stereocenters. The molecule has 0 bridgehead atoms. The van der Waals surface area contributed by atoms with Crippen LogP contribution in [-0.2, 0) is 9.59 Å². The first kappa shape index (κ1) is 17.3. The van der Waals surface area contributed by atoms with Crippen molar-refractivity contribution < 1.29 is 19.1 Å². The van der Waals surface area contributed by atoms with Crippen LogP contribution in [0.5, 0.6) is 5.75 Å². The first-order valence-electron chi connectivity index (χ1n) is 8.54. The Hall–Kier alpha value is -2.57. The van der Waals surface area contributed by atoms with Crippen LogP contribution in [0.4, 0.5) is 10.5 Å². The lowest BCUT2D eigenvalue weighted by Crippen LogP contribution is -2.54. The molecule has 2 aliphatic rings. The highest BCUT2D eigenvalue weighted by atomic mass is 16.5. The minimum atomic E-state index is -0.842. The van der Waals surface area contributed by atoms with E-state index in [2.05, 4.69) is 10.6 Å². The van der Waals surface area contributed by atoms with Crippen molar-refractivity contribution in [2.75, 3.05) is 19.0 Å². The van der Waals surface area contributed by atoms with Crippen LogP contribution >= 0.6 is 0 Å². The third kappa shape index (κ3) is 3.18. The Bertz CT molecular complexity index is 705. The molecule has 2 N–H and O–H groups in total. The first-order chi connectivity index (χ1) is 12.0. The van der Waals surface area contributed by atoms with Gasteiger partial charge in [-0.2, -0.15) is 0 Å². The van der Waals surface area contributed by atoms with Gasteiger partial charge in [-0.05, 0) is 30.9 Å². The number of hydrogen-bond acceptors (Lipinski definition) is 4. The second kappa shape index (κ2) is 6.74. The number of anilines is 1. The second-order valence-corrected chi connectivity index (χ2v) is 6.72. The molecule has 7 heteroatoms. The highest BCUT2D eigenvalue weighted by Gasteiger charge is 2.55. The van der Waals surface area contributed by atoms with Crippen molar-refractivity contribution in [2.45, 2.75) is 38.1 Å². The quantitative estimate of drug-likeness (QED) is 0.819. The summed E-state index contributed by atoms with van der Waals surface area (Å²) in [5.74, 6) is -0.0188. The van der Waals surface area contributed by atoms with Crippen LogP contribution in [0.25, 0.3) is 0 Å². The van der Waals surface area contributed by atoms with Crippen LogP contribution in [0, 0.1) is 5.92 Å². The Balaban J connectivity index is 1.68. The normalized spacial score (nSPS) is 25.8. The Kier molecular flexibility index (Phi) is 4.65. The number of carbonyl (C=O) groups excluding carboxylic acids is 3. The number of rotatable bonds is 4. The van der Waals surface area contributed by atoms with Gasteiger partial charge < -0.3 is 15.4 Å². The number of carbonyl (C=O) groups is 3. The molecule has 1 aliphatic heterocycles. The molecular formula is C18H23N3O4. The lowest BCUT2D eigenvalue weighted by atomic mass is 9.73. The van der Waals surface area contributed by atoms with Gasteiger partial charge in [0.25, 0.3) is 5.91 Å². The molecule has 0 radical (unpaired) electrons. The van der Waals surface area contributed by atoms with E-state index in [0.29, 0.717) is 17.9 Å². The zero-order valence-electron chi connectivity index (χ0n) is 14.5. The van der Waals surface area contributed by atoms with E-state index < -0.39 is 17.5 Å². The summed E-state index contributed by atoms with van der Waals surface area (Å²) in [6, 6.07) is 6.42. The van der Waals surface area contributed by atoms with E-state index in [9.17, 15) is 14.4 Å². The summed E-state index contributed by atoms with van der Waals surface area (Å²) in [7, 11) is 1.54. The molecule has 1 aliphatic carbocycles. The van der Waals surface area contributed by atoms with Crippen molar-refractivity contribution in [3.63, 3.8) is 0 Å². The lowest BCUT2D eigenvalue weighted by Gasteiger charge is -2.36. The Morgan fingerprint density at radius 2 is 2.20 bits per heavy atom. The monoisotopic (exact) mass is 345 g/mol. The Morgan fingerprint density at radius 1 is 1.40 bits per heavy atom. The van der Waals surface area contributed by atoms with Crippen LogP contribution in [0.3, 0.4) is 0 Å². The third-order valence-electron chi connectivity index (χ3n) is 5.16. The molecule has 1 saturated heterocycles. The average molecular weight is 345 g/mol. The van der Waals surface area contributed by atoms with E-state index in [0.717, 1.165) is 24.2 Å². The molecule has 1 saturated carbocycles. The molecule has 1 aromatic rings. The minimum Gasteiger partial charge on any atom is -0.497 e. The van der Waals surface area contributed by atoms with E-state index in [1.165, 1.54) is 0 Å². The molecule has 1 spiro atoms. The number of urea groups is 1. The highest BCUT2D eigenvalue weighted by Crippen LogP contribution is 2.38. The maximum Gasteiger partial charge on any atom is 0.325 e. The molecule has 1 heterocycles. The van der Waals surface area contributed by atoms with Gasteiger partial charge >= 0.3 is 6.03 Å². The van der Waals surface area contributed by atoms with E-state index in [4.69, 9.17) is 4.74 Å². The summed E-state index contributed by atoms with van der Waals surface area (Å²) in [5.41, 5.74) is -0.289. The van der Waals surface area contributed by atoms with E-state index in [1.807, 2.05) is 6.92 Å². The smallest absolute Gasteiger partial charge is 0.325 e. The van der Waals surface area contributed by atoms with Gasteiger partial charge in [-0.1, -0.05) is 25.8 Å². The fraction of sp³-hybridized carbons (Fsp3) is 0.500. The van der Waals surface area contributed by atoms with Gasteiger partial charge in [0.1, 0.15) is 17.8 Å². The van der Waals surface area contributed by atoms with E-state index in [1.54, 1.807) is 31.4 Å². The number of imide groups is 1. The van der Waals surface area contributed by atoms with Gasteiger partial charge in [0, 0.05) is 11.8 Å². The Morgan fingerprint density at radius 3 is 2.92 bits per heavy atom. The average Bonchev–Trinajstić information content (AvgIpc) is 2.83. The molecule has 0 aromatic heterocycles. The number of nitrogens with zero attached hydrogens (tertiary/aromatic N) is 1. The summed E-state index contributed by atoms with van der Waals surface area (Å²) in [6.45, 7) is 1.69. The SMILES string of the molecule is COc1cccc(NC(=O)CN2C(=O)N[C@@]3(CCCC[C@H]3C)C2=O)c1. The first-order valence-corrected chi connectivity index (χ1v) is 8.54. The molecule has 2 fully saturated rings. The third-order valence-corrected chi connectivity index (χ3v) is 5.16. The van der Waals surface area contributed by atoms with Gasteiger partial charge in [0.2, 0.25) is 5.91 Å². The van der Waals surface area contributed by atoms with Crippen LogP contribution in [-0.4, -0.2) is 41.9 Å². The fourth-order valence-corrected chi connectivity index (χ4v) is 3.68. The van der Waals surface area contributed by atoms with Crippen molar-refractivity contribution in [1.82, 2.24) is 10.2 Å². The molecule has 25 heavy (non-hydrogen) atoms. The molecule has 1 aromatic carbocycles. The lowest BCUT2D eigenvalue weighted by molar-refractivity contribution is -0.136. The van der Waals surface area contributed by atoms with Crippen molar-refractivity contribution in [3.8, 4) is 5.75 Å². The zero-order valence-corrected chi connectivity index (χ0v) is 14.5. The fourth-order valence-electron chi connectivity index (χ4n) is 3.68. The number of ether oxygens (including phenoxy) is 1. The molecule has 134 valence electrons. The topological polar surface area (TPSA) is 87.7 Å². The molecular weight excluding hydrogens is 322 g/mol.